The maximum atomic E-state index is 4.35. The van der Waals surface area contributed by atoms with Crippen molar-refractivity contribution in [2.75, 3.05) is 6.54 Å². The van der Waals surface area contributed by atoms with E-state index in [9.17, 15) is 0 Å². The summed E-state index contributed by atoms with van der Waals surface area (Å²) in [5, 5.41) is 3.60. The van der Waals surface area contributed by atoms with Gasteiger partial charge in [0.05, 0.1) is 11.2 Å². The van der Waals surface area contributed by atoms with Crippen LogP contribution in [0, 0.1) is 12.8 Å². The van der Waals surface area contributed by atoms with E-state index in [1.165, 1.54) is 36.3 Å². The number of nitrogens with zero attached hydrogens (tertiary/aromatic N) is 1. The van der Waals surface area contributed by atoms with Crippen LogP contribution in [0.25, 0.3) is 0 Å². The van der Waals surface area contributed by atoms with Crippen molar-refractivity contribution >= 4 is 11.3 Å². The van der Waals surface area contributed by atoms with E-state index >= 15 is 0 Å². The summed E-state index contributed by atoms with van der Waals surface area (Å²) in [5.74, 6) is 0.954. The summed E-state index contributed by atoms with van der Waals surface area (Å²) in [7, 11) is 0. The lowest BCUT2D eigenvalue weighted by atomic mass is 9.80. The lowest BCUT2D eigenvalue weighted by Gasteiger charge is -2.29. The molecule has 0 radical (unpaired) electrons. The predicted octanol–water partition coefficient (Wildman–Crippen LogP) is 3.29. The zero-order valence-corrected chi connectivity index (χ0v) is 10.4. The molecule has 1 aliphatic carbocycles. The number of hydrogen-bond acceptors (Lipinski definition) is 3. The van der Waals surface area contributed by atoms with Gasteiger partial charge in [-0.25, -0.2) is 4.98 Å². The summed E-state index contributed by atoms with van der Waals surface area (Å²) >= 11 is 1.80. The Morgan fingerprint density at radius 1 is 1.60 bits per heavy atom. The van der Waals surface area contributed by atoms with Gasteiger partial charge < -0.3 is 5.32 Å². The molecule has 0 spiro atoms. The average Bonchev–Trinajstić information content (AvgIpc) is 2.56. The Morgan fingerprint density at radius 3 is 2.87 bits per heavy atom. The first-order chi connectivity index (χ1) is 7.31. The third-order valence-corrected chi connectivity index (χ3v) is 4.39. The normalized spacial score (nSPS) is 18.8. The van der Waals surface area contributed by atoms with Crippen LogP contribution in [0.2, 0.25) is 0 Å². The summed E-state index contributed by atoms with van der Waals surface area (Å²) in [5.41, 5.74) is 3.18. The summed E-state index contributed by atoms with van der Waals surface area (Å²) in [6, 6.07) is 0.549. The summed E-state index contributed by atoms with van der Waals surface area (Å²) in [6.45, 7) is 5.36. The van der Waals surface area contributed by atoms with Crippen molar-refractivity contribution in [1.82, 2.24) is 10.3 Å². The van der Waals surface area contributed by atoms with Crippen molar-refractivity contribution in [3.8, 4) is 0 Å². The van der Waals surface area contributed by atoms with E-state index in [2.05, 4.69) is 24.1 Å². The van der Waals surface area contributed by atoms with Gasteiger partial charge in [-0.1, -0.05) is 26.2 Å². The van der Waals surface area contributed by atoms with E-state index in [1.807, 2.05) is 5.51 Å². The second kappa shape index (κ2) is 5.08. The minimum Gasteiger partial charge on any atom is -0.309 e. The van der Waals surface area contributed by atoms with Gasteiger partial charge in [0.15, 0.2) is 0 Å². The molecule has 1 aliphatic rings. The van der Waals surface area contributed by atoms with Crippen LogP contribution in [0.15, 0.2) is 5.51 Å². The van der Waals surface area contributed by atoms with Gasteiger partial charge in [-0.05, 0) is 25.8 Å². The molecule has 0 amide bonds. The van der Waals surface area contributed by atoms with Gasteiger partial charge in [-0.15, -0.1) is 11.3 Å². The fourth-order valence-corrected chi connectivity index (χ4v) is 3.13. The van der Waals surface area contributed by atoms with Crippen LogP contribution in [0.4, 0.5) is 0 Å². The molecule has 1 aromatic heterocycles. The number of thiazole rings is 1. The molecule has 1 aromatic rings. The summed E-state index contributed by atoms with van der Waals surface area (Å²) < 4.78 is 0. The van der Waals surface area contributed by atoms with Crippen LogP contribution in [-0.2, 0) is 0 Å². The molecule has 0 aliphatic heterocycles. The van der Waals surface area contributed by atoms with Crippen molar-refractivity contribution in [2.45, 2.75) is 45.6 Å². The molecule has 0 aromatic carbocycles. The zero-order valence-electron chi connectivity index (χ0n) is 9.62. The van der Waals surface area contributed by atoms with Crippen LogP contribution in [0.3, 0.4) is 0 Å². The molecule has 0 saturated heterocycles. The van der Waals surface area contributed by atoms with Crippen LogP contribution in [-0.4, -0.2) is 11.5 Å². The standard InChI is InChI=1S/C12H20N2S/c1-3-13-11(7-10-5-4-6-10)12-9(2)14-8-15-12/h8,10-11,13H,3-7H2,1-2H3. The van der Waals surface area contributed by atoms with E-state index in [1.54, 1.807) is 11.3 Å². The Bertz CT molecular complexity index is 304. The molecule has 1 fully saturated rings. The first kappa shape index (κ1) is 11.1. The highest BCUT2D eigenvalue weighted by atomic mass is 32.1. The highest BCUT2D eigenvalue weighted by Gasteiger charge is 2.24. The Hall–Kier alpha value is -0.410. The highest BCUT2D eigenvalue weighted by molar-refractivity contribution is 7.09. The van der Waals surface area contributed by atoms with E-state index in [-0.39, 0.29) is 0 Å². The molecule has 3 heteroatoms. The molecular weight excluding hydrogens is 204 g/mol. The Labute approximate surface area is 96.1 Å². The zero-order chi connectivity index (χ0) is 10.7. The van der Waals surface area contributed by atoms with Gasteiger partial charge >= 0.3 is 0 Å². The molecule has 2 rings (SSSR count). The molecule has 1 N–H and O–H groups in total. The Kier molecular flexibility index (Phi) is 3.76. The molecule has 0 bridgehead atoms. The second-order valence-corrected chi connectivity index (χ2v) is 5.33. The fraction of sp³-hybridized carbons (Fsp3) is 0.750. The van der Waals surface area contributed by atoms with Crippen LogP contribution >= 0.6 is 11.3 Å². The van der Waals surface area contributed by atoms with E-state index in [0.717, 1.165) is 12.5 Å². The summed E-state index contributed by atoms with van der Waals surface area (Å²) in [6.07, 6.45) is 5.60. The molecule has 1 saturated carbocycles. The molecule has 1 unspecified atom stereocenters. The summed E-state index contributed by atoms with van der Waals surface area (Å²) in [4.78, 5) is 5.80. The first-order valence-corrected chi connectivity index (χ1v) is 6.82. The van der Waals surface area contributed by atoms with Gasteiger partial charge in [0.2, 0.25) is 0 Å². The monoisotopic (exact) mass is 224 g/mol. The van der Waals surface area contributed by atoms with Crippen molar-refractivity contribution in [3.05, 3.63) is 16.1 Å². The minimum atomic E-state index is 0.549. The molecular formula is C12H20N2S. The topological polar surface area (TPSA) is 24.9 Å². The van der Waals surface area contributed by atoms with Gasteiger partial charge in [-0.3, -0.25) is 0 Å². The van der Waals surface area contributed by atoms with E-state index < -0.39 is 0 Å². The quantitative estimate of drug-likeness (QED) is 0.830. The highest BCUT2D eigenvalue weighted by Crippen LogP contribution is 2.36. The minimum absolute atomic E-state index is 0.549. The van der Waals surface area contributed by atoms with Crippen molar-refractivity contribution in [1.29, 1.82) is 0 Å². The third kappa shape index (κ3) is 2.58. The maximum Gasteiger partial charge on any atom is 0.0798 e. The van der Waals surface area contributed by atoms with Gasteiger partial charge in [0.25, 0.3) is 0 Å². The lowest BCUT2D eigenvalue weighted by molar-refractivity contribution is 0.263. The average molecular weight is 224 g/mol. The number of hydrogen-bond donors (Lipinski definition) is 1. The number of aryl methyl sites for hydroxylation is 1. The maximum absolute atomic E-state index is 4.35. The molecule has 1 atom stereocenters. The Morgan fingerprint density at radius 2 is 2.40 bits per heavy atom. The fourth-order valence-electron chi connectivity index (χ4n) is 2.24. The van der Waals surface area contributed by atoms with Crippen LogP contribution in [0.1, 0.15) is 49.2 Å². The number of aromatic nitrogens is 1. The van der Waals surface area contributed by atoms with Gasteiger partial charge in [0.1, 0.15) is 0 Å². The SMILES string of the molecule is CCNC(CC1CCC1)c1scnc1C. The largest absolute Gasteiger partial charge is 0.309 e. The molecule has 15 heavy (non-hydrogen) atoms. The Balaban J connectivity index is 2.01. The smallest absolute Gasteiger partial charge is 0.0798 e. The van der Waals surface area contributed by atoms with Gasteiger partial charge in [0, 0.05) is 10.9 Å². The number of nitrogens with one attached hydrogen (secondary N) is 1. The van der Waals surface area contributed by atoms with E-state index in [0.29, 0.717) is 6.04 Å². The van der Waals surface area contributed by atoms with E-state index in [4.69, 9.17) is 0 Å². The lowest BCUT2D eigenvalue weighted by Crippen LogP contribution is -2.25. The van der Waals surface area contributed by atoms with Gasteiger partial charge in [-0.2, -0.15) is 0 Å². The molecule has 2 nitrogen and oxygen atoms in total. The first-order valence-electron chi connectivity index (χ1n) is 5.94. The van der Waals surface area contributed by atoms with Crippen molar-refractivity contribution < 1.29 is 0 Å². The third-order valence-electron chi connectivity index (χ3n) is 3.34. The van der Waals surface area contributed by atoms with Crippen LogP contribution < -0.4 is 5.32 Å². The second-order valence-electron chi connectivity index (χ2n) is 4.44. The van der Waals surface area contributed by atoms with Crippen molar-refractivity contribution in [2.24, 2.45) is 5.92 Å². The molecule has 1 heterocycles. The van der Waals surface area contributed by atoms with Crippen LogP contribution in [0.5, 0.6) is 0 Å². The molecule has 84 valence electrons. The van der Waals surface area contributed by atoms with Crippen molar-refractivity contribution in [3.63, 3.8) is 0 Å². The predicted molar refractivity (Wildman–Crippen MR) is 65.2 cm³/mol. The number of rotatable bonds is 5.